The Balaban J connectivity index is 2.67. The van der Waals surface area contributed by atoms with Crippen LogP contribution in [0.2, 0.25) is 0 Å². The molecule has 0 spiro atoms. The van der Waals surface area contributed by atoms with Gasteiger partial charge in [0.15, 0.2) is 0 Å². The van der Waals surface area contributed by atoms with Crippen LogP contribution in [0.3, 0.4) is 0 Å². The SMILES string of the molecule is CCc1cc(C)ccc1OCC(O)CC. The first-order valence-corrected chi connectivity index (χ1v) is 5.57. The van der Waals surface area contributed by atoms with Gasteiger partial charge in [0.1, 0.15) is 12.4 Å². The van der Waals surface area contributed by atoms with E-state index in [2.05, 4.69) is 19.9 Å². The summed E-state index contributed by atoms with van der Waals surface area (Å²) in [5.74, 6) is 0.899. The van der Waals surface area contributed by atoms with Gasteiger partial charge < -0.3 is 9.84 Å². The number of hydrogen-bond acceptors (Lipinski definition) is 2. The van der Waals surface area contributed by atoms with Crippen LogP contribution < -0.4 is 4.74 Å². The summed E-state index contributed by atoms with van der Waals surface area (Å²) in [6.45, 7) is 6.51. The average Bonchev–Trinajstić information content (AvgIpc) is 2.26. The van der Waals surface area contributed by atoms with Gasteiger partial charge in [-0.2, -0.15) is 0 Å². The molecule has 1 atom stereocenters. The van der Waals surface area contributed by atoms with Gasteiger partial charge >= 0.3 is 0 Å². The Kier molecular flexibility index (Phi) is 4.63. The molecule has 0 heterocycles. The first-order chi connectivity index (χ1) is 7.17. The molecule has 1 unspecified atom stereocenters. The lowest BCUT2D eigenvalue weighted by atomic mass is 10.1. The molecule has 0 saturated carbocycles. The van der Waals surface area contributed by atoms with Crippen molar-refractivity contribution in [1.29, 1.82) is 0 Å². The minimum absolute atomic E-state index is 0.365. The van der Waals surface area contributed by atoms with Crippen molar-refractivity contribution in [3.05, 3.63) is 29.3 Å². The van der Waals surface area contributed by atoms with E-state index in [1.54, 1.807) is 0 Å². The fraction of sp³-hybridized carbons (Fsp3) is 0.538. The van der Waals surface area contributed by atoms with Gasteiger partial charge in [-0.3, -0.25) is 0 Å². The van der Waals surface area contributed by atoms with Crippen LogP contribution in [0.1, 0.15) is 31.4 Å². The molecular formula is C13H20O2. The Morgan fingerprint density at radius 1 is 1.33 bits per heavy atom. The largest absolute Gasteiger partial charge is 0.491 e. The van der Waals surface area contributed by atoms with Gasteiger partial charge in [0.25, 0.3) is 0 Å². The highest BCUT2D eigenvalue weighted by Gasteiger charge is 2.05. The monoisotopic (exact) mass is 208 g/mol. The second-order valence-corrected chi connectivity index (χ2v) is 3.84. The van der Waals surface area contributed by atoms with Gasteiger partial charge in [0, 0.05) is 0 Å². The van der Waals surface area contributed by atoms with Crippen LogP contribution in [0, 0.1) is 6.92 Å². The predicted octanol–water partition coefficient (Wildman–Crippen LogP) is 2.71. The van der Waals surface area contributed by atoms with E-state index in [0.29, 0.717) is 6.61 Å². The lowest BCUT2D eigenvalue weighted by molar-refractivity contribution is 0.104. The Hall–Kier alpha value is -1.02. The summed E-state index contributed by atoms with van der Waals surface area (Å²) in [6.07, 6.45) is 1.32. The first-order valence-electron chi connectivity index (χ1n) is 5.57. The van der Waals surface area contributed by atoms with E-state index < -0.39 is 0 Å². The summed E-state index contributed by atoms with van der Waals surface area (Å²) in [4.78, 5) is 0. The zero-order valence-corrected chi connectivity index (χ0v) is 9.79. The molecule has 0 aliphatic rings. The molecule has 1 rings (SSSR count). The molecule has 0 aromatic heterocycles. The number of hydrogen-bond donors (Lipinski definition) is 1. The number of ether oxygens (including phenoxy) is 1. The third kappa shape index (κ3) is 3.56. The molecule has 0 amide bonds. The second kappa shape index (κ2) is 5.76. The maximum atomic E-state index is 9.41. The summed E-state index contributed by atoms with van der Waals surface area (Å²) in [5.41, 5.74) is 2.45. The van der Waals surface area contributed by atoms with Crippen molar-refractivity contribution in [2.24, 2.45) is 0 Å². The van der Waals surface area contributed by atoms with Crippen molar-refractivity contribution in [2.45, 2.75) is 39.7 Å². The van der Waals surface area contributed by atoms with Crippen molar-refractivity contribution in [3.8, 4) is 5.75 Å². The number of aliphatic hydroxyl groups excluding tert-OH is 1. The molecular weight excluding hydrogens is 188 g/mol. The summed E-state index contributed by atoms with van der Waals surface area (Å²) >= 11 is 0. The average molecular weight is 208 g/mol. The molecule has 2 heteroatoms. The van der Waals surface area contributed by atoms with Crippen LogP contribution in [-0.2, 0) is 6.42 Å². The Labute approximate surface area is 91.9 Å². The summed E-state index contributed by atoms with van der Waals surface area (Å²) in [5, 5.41) is 9.41. The predicted molar refractivity (Wildman–Crippen MR) is 62.3 cm³/mol. The second-order valence-electron chi connectivity index (χ2n) is 3.84. The molecule has 1 aromatic carbocycles. The highest BCUT2D eigenvalue weighted by Crippen LogP contribution is 2.20. The van der Waals surface area contributed by atoms with Gasteiger partial charge in [0.05, 0.1) is 6.10 Å². The Morgan fingerprint density at radius 3 is 2.67 bits per heavy atom. The van der Waals surface area contributed by atoms with Crippen molar-refractivity contribution in [2.75, 3.05) is 6.61 Å². The number of aryl methyl sites for hydroxylation is 2. The van der Waals surface area contributed by atoms with E-state index >= 15 is 0 Å². The normalized spacial score (nSPS) is 12.5. The topological polar surface area (TPSA) is 29.5 Å². The van der Waals surface area contributed by atoms with Crippen molar-refractivity contribution < 1.29 is 9.84 Å². The quantitative estimate of drug-likeness (QED) is 0.806. The molecule has 0 fully saturated rings. The minimum Gasteiger partial charge on any atom is -0.491 e. The standard InChI is InChI=1S/C13H20O2/c1-4-11-8-10(3)6-7-13(11)15-9-12(14)5-2/h6-8,12,14H,4-5,9H2,1-3H3. The van der Waals surface area contributed by atoms with E-state index in [9.17, 15) is 5.11 Å². The first kappa shape index (κ1) is 12.1. The fourth-order valence-corrected chi connectivity index (χ4v) is 1.43. The van der Waals surface area contributed by atoms with E-state index in [1.807, 2.05) is 19.1 Å². The molecule has 15 heavy (non-hydrogen) atoms. The zero-order valence-electron chi connectivity index (χ0n) is 9.79. The molecule has 0 aliphatic carbocycles. The molecule has 0 aliphatic heterocycles. The third-order valence-corrected chi connectivity index (χ3v) is 2.50. The lowest BCUT2D eigenvalue weighted by Gasteiger charge is -2.13. The van der Waals surface area contributed by atoms with Crippen LogP contribution in [0.4, 0.5) is 0 Å². The van der Waals surface area contributed by atoms with E-state index in [1.165, 1.54) is 11.1 Å². The van der Waals surface area contributed by atoms with Gasteiger partial charge in [-0.25, -0.2) is 0 Å². The summed E-state index contributed by atoms with van der Waals surface area (Å²) in [7, 11) is 0. The van der Waals surface area contributed by atoms with Crippen LogP contribution >= 0.6 is 0 Å². The maximum Gasteiger partial charge on any atom is 0.122 e. The van der Waals surface area contributed by atoms with Crippen LogP contribution in [-0.4, -0.2) is 17.8 Å². The highest BCUT2D eigenvalue weighted by atomic mass is 16.5. The van der Waals surface area contributed by atoms with Gasteiger partial charge in [-0.15, -0.1) is 0 Å². The minimum atomic E-state index is -0.365. The molecule has 0 bridgehead atoms. The molecule has 1 aromatic rings. The molecule has 1 N–H and O–H groups in total. The zero-order chi connectivity index (χ0) is 11.3. The van der Waals surface area contributed by atoms with Crippen LogP contribution in [0.15, 0.2) is 18.2 Å². The number of aliphatic hydroxyl groups is 1. The fourth-order valence-electron chi connectivity index (χ4n) is 1.43. The van der Waals surface area contributed by atoms with Crippen molar-refractivity contribution in [1.82, 2.24) is 0 Å². The highest BCUT2D eigenvalue weighted by molar-refractivity contribution is 5.36. The molecule has 0 saturated heterocycles. The van der Waals surface area contributed by atoms with Crippen molar-refractivity contribution >= 4 is 0 Å². The Bertz CT molecular complexity index is 307. The van der Waals surface area contributed by atoms with Gasteiger partial charge in [0.2, 0.25) is 0 Å². The lowest BCUT2D eigenvalue weighted by Crippen LogP contribution is -2.16. The van der Waals surface area contributed by atoms with E-state index in [4.69, 9.17) is 4.74 Å². The molecule has 84 valence electrons. The molecule has 2 nitrogen and oxygen atoms in total. The van der Waals surface area contributed by atoms with Crippen LogP contribution in [0.5, 0.6) is 5.75 Å². The molecule has 0 radical (unpaired) electrons. The van der Waals surface area contributed by atoms with E-state index in [0.717, 1.165) is 18.6 Å². The Morgan fingerprint density at radius 2 is 2.07 bits per heavy atom. The summed E-state index contributed by atoms with van der Waals surface area (Å²) in [6, 6.07) is 6.15. The summed E-state index contributed by atoms with van der Waals surface area (Å²) < 4.78 is 5.59. The smallest absolute Gasteiger partial charge is 0.122 e. The third-order valence-electron chi connectivity index (χ3n) is 2.50. The van der Waals surface area contributed by atoms with Crippen LogP contribution in [0.25, 0.3) is 0 Å². The van der Waals surface area contributed by atoms with Gasteiger partial charge in [-0.05, 0) is 31.4 Å². The number of rotatable bonds is 5. The van der Waals surface area contributed by atoms with Gasteiger partial charge in [-0.1, -0.05) is 31.5 Å². The van der Waals surface area contributed by atoms with E-state index in [-0.39, 0.29) is 6.10 Å². The number of benzene rings is 1. The maximum absolute atomic E-state index is 9.41. The van der Waals surface area contributed by atoms with Crippen molar-refractivity contribution in [3.63, 3.8) is 0 Å².